The second kappa shape index (κ2) is 17.2. The summed E-state index contributed by atoms with van der Waals surface area (Å²) in [6, 6.07) is 15.9. The van der Waals surface area contributed by atoms with E-state index in [1.165, 1.54) is 34.4 Å². The number of ketones is 1. The Morgan fingerprint density at radius 3 is 2.73 bits per heavy atom. The number of carbonyl (C=O) groups is 1. The highest BCUT2D eigenvalue weighted by atomic mass is 16.5. The molecule has 1 aromatic heterocycles. The van der Waals surface area contributed by atoms with Crippen molar-refractivity contribution in [3.8, 4) is 12.1 Å². The molecule has 1 fully saturated rings. The molecule has 0 radical (unpaired) electrons. The summed E-state index contributed by atoms with van der Waals surface area (Å²) in [5.74, 6) is 2.22. The van der Waals surface area contributed by atoms with Crippen LogP contribution in [-0.4, -0.2) is 35.4 Å². The van der Waals surface area contributed by atoms with Crippen LogP contribution in [0.15, 0.2) is 79.9 Å². The van der Waals surface area contributed by atoms with E-state index in [2.05, 4.69) is 99.2 Å². The Kier molecular flexibility index (Phi) is 12.6. The number of fused-ring (bicyclic) bond motifs is 2. The zero-order chi connectivity index (χ0) is 34.8. The SMILES string of the molecule is C=CC(=O)CC(=C)CCN(C[C@@H](C)CC#N)c1nc(OC[C@@H]2CCCC2C=C)nc2c1CCC(/C=C/c1cccc3cccc(CC)c13)C2. The summed E-state index contributed by atoms with van der Waals surface area (Å²) >= 11 is 0. The molecule has 0 aliphatic heterocycles. The zero-order valence-corrected chi connectivity index (χ0v) is 29.5. The van der Waals surface area contributed by atoms with Crippen molar-refractivity contribution in [3.05, 3.63) is 102 Å². The van der Waals surface area contributed by atoms with Gasteiger partial charge in [0.15, 0.2) is 5.78 Å². The standard InChI is InChI=1S/C43H52N4O2/c1-6-33-12-9-17-37(33)29-49-43-45-40-27-32(18-20-36-16-11-15-35-14-10-13-34(7-2)41(35)36)19-21-39(40)42(46-43)47(28-31(5)22-24-44)25-23-30(4)26-38(48)8-3/h6,8,10-11,13-16,18,20,31-33,37H,1,3-4,7,9,12,17,19,21-23,25-29H2,2,5H3/b20-18+/t31-,32?,33?,37-/m0/s1. The molecule has 6 heteroatoms. The number of carbonyl (C=O) groups excluding carboxylic acids is 1. The fourth-order valence-corrected chi connectivity index (χ4v) is 7.56. The van der Waals surface area contributed by atoms with Gasteiger partial charge in [-0.15, -0.1) is 6.58 Å². The van der Waals surface area contributed by atoms with E-state index < -0.39 is 0 Å². The number of nitriles is 1. The summed E-state index contributed by atoms with van der Waals surface area (Å²) in [7, 11) is 0. The van der Waals surface area contributed by atoms with Crippen molar-refractivity contribution in [2.45, 2.75) is 78.1 Å². The van der Waals surface area contributed by atoms with Crippen molar-refractivity contribution in [3.63, 3.8) is 0 Å². The van der Waals surface area contributed by atoms with Crippen LogP contribution in [-0.2, 0) is 24.1 Å². The Morgan fingerprint density at radius 2 is 1.98 bits per heavy atom. The predicted molar refractivity (Wildman–Crippen MR) is 202 cm³/mol. The van der Waals surface area contributed by atoms with E-state index in [-0.39, 0.29) is 18.1 Å². The maximum Gasteiger partial charge on any atom is 0.318 e. The molecule has 6 nitrogen and oxygen atoms in total. The highest BCUT2D eigenvalue weighted by molar-refractivity contribution is 5.93. The molecule has 2 unspecified atom stereocenters. The summed E-state index contributed by atoms with van der Waals surface area (Å²) in [6.07, 6.45) is 16.6. The number of rotatable bonds is 17. The Balaban J connectivity index is 1.45. The molecule has 0 saturated heterocycles. The highest BCUT2D eigenvalue weighted by Crippen LogP contribution is 2.36. The Bertz CT molecular complexity index is 1730. The number of benzene rings is 2. The van der Waals surface area contributed by atoms with Crippen LogP contribution >= 0.6 is 0 Å². The van der Waals surface area contributed by atoms with E-state index in [0.717, 1.165) is 61.2 Å². The van der Waals surface area contributed by atoms with Gasteiger partial charge < -0.3 is 9.64 Å². The molecular weight excluding hydrogens is 604 g/mol. The van der Waals surface area contributed by atoms with E-state index >= 15 is 0 Å². The number of allylic oxidation sites excluding steroid dienone is 3. The maximum absolute atomic E-state index is 12.1. The van der Waals surface area contributed by atoms with Crippen LogP contribution in [0.3, 0.4) is 0 Å². The Morgan fingerprint density at radius 1 is 1.16 bits per heavy atom. The maximum atomic E-state index is 12.1. The first kappa shape index (κ1) is 35.8. The minimum absolute atomic E-state index is 0.0252. The molecule has 2 aliphatic rings. The number of aryl methyl sites for hydroxylation is 1. The number of anilines is 1. The molecule has 1 heterocycles. The molecule has 0 bridgehead atoms. The lowest BCUT2D eigenvalue weighted by atomic mass is 9.86. The summed E-state index contributed by atoms with van der Waals surface area (Å²) in [6.45, 7) is 18.1. The predicted octanol–water partition coefficient (Wildman–Crippen LogP) is 9.44. The third-order valence-corrected chi connectivity index (χ3v) is 10.3. The molecule has 1 saturated carbocycles. The Hall–Kier alpha value is -4.50. The highest BCUT2D eigenvalue weighted by Gasteiger charge is 2.29. The van der Waals surface area contributed by atoms with Gasteiger partial charge in [0.2, 0.25) is 0 Å². The average molecular weight is 657 g/mol. The van der Waals surface area contributed by atoms with Crippen molar-refractivity contribution in [1.29, 1.82) is 5.26 Å². The minimum atomic E-state index is -0.0252. The van der Waals surface area contributed by atoms with E-state index in [1.807, 2.05) is 0 Å². The molecule has 2 aromatic carbocycles. The Labute approximate surface area is 293 Å². The van der Waals surface area contributed by atoms with Crippen molar-refractivity contribution in [2.24, 2.45) is 23.7 Å². The van der Waals surface area contributed by atoms with E-state index in [1.54, 1.807) is 0 Å². The normalized spacial score (nSPS) is 19.2. The number of hydrogen-bond donors (Lipinski definition) is 0. The molecule has 0 amide bonds. The second-order valence-electron chi connectivity index (χ2n) is 14.0. The molecule has 5 rings (SSSR count). The van der Waals surface area contributed by atoms with Gasteiger partial charge in [0.1, 0.15) is 5.82 Å². The first-order valence-corrected chi connectivity index (χ1v) is 18.1. The number of aromatic nitrogens is 2. The summed E-state index contributed by atoms with van der Waals surface area (Å²) in [5, 5.41) is 12.1. The van der Waals surface area contributed by atoms with Gasteiger partial charge in [-0.1, -0.05) is 93.6 Å². The third kappa shape index (κ3) is 9.15. The molecule has 256 valence electrons. The lowest BCUT2D eigenvalue weighted by Gasteiger charge is -2.32. The van der Waals surface area contributed by atoms with Crippen LogP contribution in [0.25, 0.3) is 16.8 Å². The van der Waals surface area contributed by atoms with Gasteiger partial charge >= 0.3 is 6.01 Å². The molecule has 4 atom stereocenters. The van der Waals surface area contributed by atoms with E-state index in [4.69, 9.17) is 14.7 Å². The third-order valence-electron chi connectivity index (χ3n) is 10.3. The first-order valence-electron chi connectivity index (χ1n) is 18.1. The summed E-state index contributed by atoms with van der Waals surface area (Å²) in [4.78, 5) is 24.5. The monoisotopic (exact) mass is 656 g/mol. The van der Waals surface area contributed by atoms with Crippen molar-refractivity contribution in [1.82, 2.24) is 9.97 Å². The molecule has 2 aliphatic carbocycles. The average Bonchev–Trinajstić information content (AvgIpc) is 3.58. The second-order valence-corrected chi connectivity index (χ2v) is 14.0. The topological polar surface area (TPSA) is 79.1 Å². The lowest BCUT2D eigenvalue weighted by molar-refractivity contribution is -0.114. The number of ether oxygens (including phenoxy) is 1. The molecule has 49 heavy (non-hydrogen) atoms. The first-order chi connectivity index (χ1) is 23.8. The van der Waals surface area contributed by atoms with Crippen molar-refractivity contribution < 1.29 is 9.53 Å². The molecule has 0 N–H and O–H groups in total. The van der Waals surface area contributed by atoms with Gasteiger partial charge in [0.05, 0.1) is 18.4 Å². The fraction of sp³-hybridized carbons (Fsp3) is 0.442. The van der Waals surface area contributed by atoms with Gasteiger partial charge in [-0.25, -0.2) is 0 Å². The van der Waals surface area contributed by atoms with Gasteiger partial charge in [0.25, 0.3) is 0 Å². The largest absolute Gasteiger partial charge is 0.463 e. The van der Waals surface area contributed by atoms with Crippen LogP contribution in [0, 0.1) is 35.0 Å². The number of nitrogens with zero attached hydrogens (tertiary/aromatic N) is 4. The smallest absolute Gasteiger partial charge is 0.318 e. The zero-order valence-electron chi connectivity index (χ0n) is 29.5. The van der Waals surface area contributed by atoms with Gasteiger partial charge in [-0.2, -0.15) is 15.2 Å². The van der Waals surface area contributed by atoms with E-state index in [9.17, 15) is 10.1 Å². The number of hydrogen-bond acceptors (Lipinski definition) is 6. The minimum Gasteiger partial charge on any atom is -0.463 e. The summed E-state index contributed by atoms with van der Waals surface area (Å²) in [5.41, 5.74) is 5.70. The van der Waals surface area contributed by atoms with Crippen LogP contribution in [0.1, 0.15) is 81.2 Å². The molecular formula is C43H52N4O2. The molecule has 3 aromatic rings. The van der Waals surface area contributed by atoms with Crippen LogP contribution < -0.4 is 9.64 Å². The molecule has 0 spiro atoms. The summed E-state index contributed by atoms with van der Waals surface area (Å²) < 4.78 is 6.42. The van der Waals surface area contributed by atoms with Crippen LogP contribution in [0.5, 0.6) is 6.01 Å². The quantitative estimate of drug-likeness (QED) is 0.106. The van der Waals surface area contributed by atoms with Crippen LogP contribution in [0.4, 0.5) is 5.82 Å². The van der Waals surface area contributed by atoms with E-state index in [0.29, 0.717) is 56.3 Å². The van der Waals surface area contributed by atoms with Gasteiger partial charge in [0, 0.05) is 31.5 Å². The van der Waals surface area contributed by atoms with Crippen LogP contribution in [0.2, 0.25) is 0 Å². The van der Waals surface area contributed by atoms with Gasteiger partial charge in [-0.3, -0.25) is 4.79 Å². The lowest BCUT2D eigenvalue weighted by Crippen LogP contribution is -2.33. The van der Waals surface area contributed by atoms with Gasteiger partial charge in [-0.05, 0) is 96.6 Å². The van der Waals surface area contributed by atoms with Crippen molar-refractivity contribution in [2.75, 3.05) is 24.6 Å². The fourth-order valence-electron chi connectivity index (χ4n) is 7.56. The van der Waals surface area contributed by atoms with Crippen molar-refractivity contribution >= 4 is 28.4 Å².